The topological polar surface area (TPSA) is 6.48 Å². The number of nitrogens with zero attached hydrogens (tertiary/aromatic N) is 2. The van der Waals surface area contributed by atoms with Gasteiger partial charge in [-0.2, -0.15) is 0 Å². The summed E-state index contributed by atoms with van der Waals surface area (Å²) in [5.41, 5.74) is 8.83. The van der Waals surface area contributed by atoms with E-state index in [1.54, 1.807) is 62.3 Å². The van der Waals surface area contributed by atoms with Crippen LogP contribution in [-0.4, -0.2) is 47.5 Å². The molecular formula is C50H78B2Cl2N2Zr. The maximum atomic E-state index is 4.93. The van der Waals surface area contributed by atoms with Gasteiger partial charge in [0.25, 0.3) is 6.85 Å². The quantitative estimate of drug-likeness (QED) is 0.173. The fraction of sp³-hybridized carbons (Fsp3) is 0.640. The molecule has 6 aliphatic rings. The summed E-state index contributed by atoms with van der Waals surface area (Å²) in [4.78, 5) is 5.67. The first-order chi connectivity index (χ1) is 26.5. The van der Waals surface area contributed by atoms with Gasteiger partial charge in [-0.3, -0.25) is 0 Å². The average Bonchev–Trinajstić information content (AvgIpc) is 3.96. The van der Waals surface area contributed by atoms with Crippen LogP contribution in [-0.2, 0) is 33.7 Å². The summed E-state index contributed by atoms with van der Waals surface area (Å²) in [5.74, 6) is 6.33. The van der Waals surface area contributed by atoms with Gasteiger partial charge >= 0.3 is 37.9 Å². The van der Waals surface area contributed by atoms with Crippen molar-refractivity contribution in [3.8, 4) is 0 Å². The standard InChI is InChI=1S/C24H44BN.C24H28BN.2CH3.2ClH.Zr/c2*1-17(2)26(18(3)4)25(23-13-19-9-5-6-10-20(19)14-23)24-15-21-11-7-8-12-22(21)16-24;;;;;/h17-24H,5-16H2,1-4H3;5-13,15,17-18H,14,16H2,1-4H3;2*1H3;2*1H;/q;;2*-1;;;+4/p-2. The van der Waals surface area contributed by atoms with Gasteiger partial charge in [0, 0.05) is 0 Å². The van der Waals surface area contributed by atoms with Gasteiger partial charge in [-0.05, 0) is 94.6 Å². The van der Waals surface area contributed by atoms with Gasteiger partial charge in [0.1, 0.15) is 0 Å². The van der Waals surface area contributed by atoms with Gasteiger partial charge in [0.2, 0.25) is 6.85 Å². The zero-order chi connectivity index (χ0) is 39.2. The second kappa shape index (κ2) is 23.0. The number of rotatable bonds is 10. The molecule has 4 fully saturated rings. The van der Waals surface area contributed by atoms with Crippen LogP contribution in [0.25, 0.3) is 12.2 Å². The van der Waals surface area contributed by atoms with Crippen molar-refractivity contribution in [1.29, 1.82) is 0 Å². The first-order valence-corrected chi connectivity index (χ1v) is 28.9. The molecule has 0 heterocycles. The van der Waals surface area contributed by atoms with Crippen LogP contribution >= 0.6 is 17.0 Å². The Kier molecular flexibility index (Phi) is 19.8. The second-order valence-corrected chi connectivity index (χ2v) is 23.2. The molecule has 0 saturated heterocycles. The number of hydrogen-bond donors (Lipinski definition) is 0. The SMILES string of the molecule is CC(C)N(B(C1=Cc2ccccc2C1)C1=Cc2ccccc2C1)C(C)C.CC(C)N(B(C1CC2CCCCC2C1)C1CC2CCCCC2C1)C(C)C.[CH3-].[CH3-].[Cl][Zr+2][Cl]. The van der Waals surface area contributed by atoms with Crippen LogP contribution in [0.2, 0.25) is 11.6 Å². The van der Waals surface area contributed by atoms with Crippen LogP contribution in [0.15, 0.2) is 59.5 Å². The Labute approximate surface area is 372 Å². The number of allylic oxidation sites excluding steroid dienone is 2. The van der Waals surface area contributed by atoms with Crippen LogP contribution in [0.4, 0.5) is 0 Å². The van der Waals surface area contributed by atoms with E-state index in [4.69, 9.17) is 17.0 Å². The van der Waals surface area contributed by atoms with E-state index in [1.165, 1.54) is 47.9 Å². The van der Waals surface area contributed by atoms with E-state index in [0.717, 1.165) is 55.0 Å². The zero-order valence-corrected chi connectivity index (χ0v) is 41.7. The molecule has 312 valence electrons. The van der Waals surface area contributed by atoms with E-state index in [9.17, 15) is 0 Å². The molecule has 7 heteroatoms. The van der Waals surface area contributed by atoms with Crippen molar-refractivity contribution in [3.63, 3.8) is 0 Å². The molecule has 0 bridgehead atoms. The Hall–Kier alpha value is -0.567. The Morgan fingerprint density at radius 2 is 0.842 bits per heavy atom. The summed E-state index contributed by atoms with van der Waals surface area (Å²) in [5, 5.41) is 0. The first kappa shape index (κ1) is 49.1. The predicted molar refractivity (Wildman–Crippen MR) is 253 cm³/mol. The molecule has 0 aromatic heterocycles. The summed E-state index contributed by atoms with van der Waals surface area (Å²) in [6.45, 7) is 20.5. The third kappa shape index (κ3) is 11.9. The molecule has 0 amide bonds. The summed E-state index contributed by atoms with van der Waals surface area (Å²) < 4.78 is 0. The van der Waals surface area contributed by atoms with Crippen molar-refractivity contribution in [1.82, 2.24) is 9.62 Å². The molecule has 57 heavy (non-hydrogen) atoms. The monoisotopic (exact) mass is 888 g/mol. The van der Waals surface area contributed by atoms with Crippen LogP contribution in [0.1, 0.15) is 155 Å². The fourth-order valence-electron chi connectivity index (χ4n) is 13.1. The molecule has 2 aromatic rings. The van der Waals surface area contributed by atoms with Crippen LogP contribution in [0.5, 0.6) is 0 Å². The van der Waals surface area contributed by atoms with E-state index in [-0.39, 0.29) is 14.9 Å². The molecule has 0 N–H and O–H groups in total. The van der Waals surface area contributed by atoms with E-state index in [1.807, 2.05) is 0 Å². The Bertz CT molecular complexity index is 1450. The Balaban J connectivity index is 0.000000229. The summed E-state index contributed by atoms with van der Waals surface area (Å²) >= 11 is -0.826. The van der Waals surface area contributed by atoms with Gasteiger partial charge in [-0.25, -0.2) is 0 Å². The van der Waals surface area contributed by atoms with Gasteiger partial charge in [0.05, 0.1) is 0 Å². The zero-order valence-electron chi connectivity index (χ0n) is 37.8. The van der Waals surface area contributed by atoms with Gasteiger partial charge in [0.15, 0.2) is 0 Å². The van der Waals surface area contributed by atoms with Crippen molar-refractivity contribution in [2.75, 3.05) is 0 Å². The van der Waals surface area contributed by atoms with Gasteiger partial charge in [-0.1, -0.05) is 204 Å². The number of benzene rings is 2. The molecule has 0 radical (unpaired) electrons. The Morgan fingerprint density at radius 3 is 1.14 bits per heavy atom. The molecule has 4 unspecified atom stereocenters. The van der Waals surface area contributed by atoms with E-state index in [2.05, 4.69) is 126 Å². The van der Waals surface area contributed by atoms with Gasteiger partial charge in [-0.15, -0.1) is 0 Å². The molecule has 2 nitrogen and oxygen atoms in total. The van der Waals surface area contributed by atoms with Crippen molar-refractivity contribution in [2.24, 2.45) is 23.7 Å². The first-order valence-electron chi connectivity index (χ1n) is 22.6. The normalized spacial score (nSPS) is 25.5. The molecule has 8 rings (SSSR count). The predicted octanol–water partition coefficient (Wildman–Crippen LogP) is 14.8. The molecular weight excluding hydrogens is 812 g/mol. The minimum absolute atomic E-state index is 0. The number of hydrogen-bond acceptors (Lipinski definition) is 2. The number of fused-ring (bicyclic) bond motifs is 4. The molecule has 4 atom stereocenters. The van der Waals surface area contributed by atoms with Crippen LogP contribution in [0.3, 0.4) is 0 Å². The van der Waals surface area contributed by atoms with E-state index in [0.29, 0.717) is 31.0 Å². The molecule has 2 aromatic carbocycles. The Morgan fingerprint density at radius 1 is 0.526 bits per heavy atom. The molecule has 0 aliphatic heterocycles. The third-order valence-corrected chi connectivity index (χ3v) is 14.8. The second-order valence-electron chi connectivity index (χ2n) is 19.5. The molecule has 6 aliphatic carbocycles. The maximum absolute atomic E-state index is 4.93. The van der Waals surface area contributed by atoms with Crippen molar-refractivity contribution < 1.29 is 20.8 Å². The number of halogens is 2. The van der Waals surface area contributed by atoms with Crippen LogP contribution < -0.4 is 0 Å². The van der Waals surface area contributed by atoms with Crippen LogP contribution in [0, 0.1) is 38.5 Å². The summed E-state index contributed by atoms with van der Waals surface area (Å²) in [7, 11) is 9.87. The molecule has 4 saturated carbocycles. The van der Waals surface area contributed by atoms with Crippen molar-refractivity contribution in [3.05, 3.63) is 96.6 Å². The van der Waals surface area contributed by atoms with Crippen molar-refractivity contribution in [2.45, 2.75) is 181 Å². The average molecular weight is 891 g/mol. The summed E-state index contributed by atoms with van der Waals surface area (Å²) in [6, 6.07) is 20.1. The van der Waals surface area contributed by atoms with E-state index < -0.39 is 20.8 Å². The fourth-order valence-corrected chi connectivity index (χ4v) is 13.1. The van der Waals surface area contributed by atoms with E-state index >= 15 is 0 Å². The minimum atomic E-state index is -0.826. The molecule has 0 spiro atoms. The van der Waals surface area contributed by atoms with Gasteiger partial charge < -0.3 is 24.5 Å². The van der Waals surface area contributed by atoms with Crippen molar-refractivity contribution >= 4 is 42.9 Å². The third-order valence-electron chi connectivity index (χ3n) is 14.8. The summed E-state index contributed by atoms with van der Waals surface area (Å²) in [6.07, 6.45) is 25.6.